The van der Waals surface area contributed by atoms with Crippen molar-refractivity contribution in [3.8, 4) is 11.8 Å². The molecule has 0 aliphatic rings. The van der Waals surface area contributed by atoms with Crippen LogP contribution in [-0.4, -0.2) is 29.1 Å². The first-order valence-electron chi connectivity index (χ1n) is 6.23. The molecule has 108 valence electrons. The van der Waals surface area contributed by atoms with Gasteiger partial charge in [-0.1, -0.05) is 28.6 Å². The van der Waals surface area contributed by atoms with Gasteiger partial charge in [-0.05, 0) is 18.2 Å². The van der Waals surface area contributed by atoms with Gasteiger partial charge in [0.25, 0.3) is 5.91 Å². The number of carbonyl (C=O) groups is 1. The largest absolute Gasteiger partial charge is 0.352 e. The predicted octanol–water partition coefficient (Wildman–Crippen LogP) is 1.01. The minimum Gasteiger partial charge on any atom is -0.352 e. The van der Waals surface area contributed by atoms with Crippen LogP contribution in [0.4, 0.5) is 0 Å². The molecule has 2 aromatic rings. The van der Waals surface area contributed by atoms with Crippen LogP contribution in [0.3, 0.4) is 0 Å². The molecule has 0 aliphatic heterocycles. The summed E-state index contributed by atoms with van der Waals surface area (Å²) in [5.41, 5.74) is 6.41. The van der Waals surface area contributed by atoms with Crippen molar-refractivity contribution in [2.24, 2.45) is 5.73 Å². The molecule has 1 aromatic carbocycles. The quantitative estimate of drug-likeness (QED) is 0.822. The number of nitrogens with two attached hydrogens (primary N) is 1. The third-order valence-electron chi connectivity index (χ3n) is 2.59. The number of hydrogen-bond donors (Lipinski definition) is 2. The van der Waals surface area contributed by atoms with E-state index >= 15 is 0 Å². The first kappa shape index (κ1) is 15.0. The Balaban J connectivity index is 1.94. The van der Waals surface area contributed by atoms with Gasteiger partial charge < -0.3 is 15.6 Å². The fourth-order valence-electron chi connectivity index (χ4n) is 1.60. The number of benzene rings is 1. The van der Waals surface area contributed by atoms with Crippen molar-refractivity contribution >= 4 is 17.5 Å². The first-order chi connectivity index (χ1) is 10.2. The maximum Gasteiger partial charge on any atom is 0.251 e. The molecule has 0 spiro atoms. The zero-order chi connectivity index (χ0) is 15.1. The molecule has 1 heterocycles. The Kier molecular flexibility index (Phi) is 5.32. The lowest BCUT2D eigenvalue weighted by molar-refractivity contribution is 0.0953. The maximum absolute atomic E-state index is 12.0. The molecule has 21 heavy (non-hydrogen) atoms. The summed E-state index contributed by atoms with van der Waals surface area (Å²) in [7, 11) is 0. The topological polar surface area (TPSA) is 94.0 Å². The molecular formula is C14H13ClN4O2. The van der Waals surface area contributed by atoms with Crippen LogP contribution in [0.2, 0.25) is 5.02 Å². The summed E-state index contributed by atoms with van der Waals surface area (Å²) < 4.78 is 4.83. The summed E-state index contributed by atoms with van der Waals surface area (Å²) in [6.45, 7) is 0.654. The van der Waals surface area contributed by atoms with Crippen molar-refractivity contribution in [3.05, 3.63) is 46.6 Å². The third-order valence-corrected chi connectivity index (χ3v) is 2.90. The van der Waals surface area contributed by atoms with Gasteiger partial charge in [0.1, 0.15) is 0 Å². The van der Waals surface area contributed by atoms with Gasteiger partial charge in [-0.3, -0.25) is 4.79 Å². The average molecular weight is 305 g/mol. The monoisotopic (exact) mass is 304 g/mol. The molecule has 2 rings (SSSR count). The van der Waals surface area contributed by atoms with Crippen LogP contribution < -0.4 is 11.1 Å². The highest BCUT2D eigenvalue weighted by Crippen LogP contribution is 2.17. The van der Waals surface area contributed by atoms with Crippen LogP contribution in [0.15, 0.2) is 29.0 Å². The van der Waals surface area contributed by atoms with Crippen LogP contribution in [-0.2, 0) is 6.42 Å². The SMILES string of the molecule is NCC#Cc1ccc(C(=O)NCCc2ncno2)cc1Cl. The first-order valence-corrected chi connectivity index (χ1v) is 6.60. The minimum absolute atomic E-state index is 0.227. The Bertz CT molecular complexity index is 674. The predicted molar refractivity (Wildman–Crippen MR) is 77.7 cm³/mol. The van der Waals surface area contributed by atoms with Crippen LogP contribution in [0, 0.1) is 11.8 Å². The number of halogens is 1. The van der Waals surface area contributed by atoms with Gasteiger partial charge in [0.2, 0.25) is 5.89 Å². The van der Waals surface area contributed by atoms with Crippen molar-refractivity contribution < 1.29 is 9.32 Å². The lowest BCUT2D eigenvalue weighted by Crippen LogP contribution is -2.25. The number of hydrogen-bond acceptors (Lipinski definition) is 5. The number of carbonyl (C=O) groups excluding carboxylic acids is 1. The zero-order valence-corrected chi connectivity index (χ0v) is 11.9. The summed E-state index contributed by atoms with van der Waals surface area (Å²) >= 11 is 6.07. The van der Waals surface area contributed by atoms with Gasteiger partial charge in [-0.2, -0.15) is 4.98 Å². The fraction of sp³-hybridized carbons (Fsp3) is 0.214. The molecule has 6 nitrogen and oxygen atoms in total. The van der Waals surface area contributed by atoms with Crippen LogP contribution in [0.25, 0.3) is 0 Å². The summed E-state index contributed by atoms with van der Waals surface area (Å²) in [4.78, 5) is 15.8. The number of rotatable bonds is 4. The van der Waals surface area contributed by atoms with Gasteiger partial charge in [0.15, 0.2) is 6.33 Å². The van der Waals surface area contributed by atoms with E-state index in [4.69, 9.17) is 21.9 Å². The molecule has 0 saturated heterocycles. The number of amides is 1. The second kappa shape index (κ2) is 7.43. The van der Waals surface area contributed by atoms with Crippen LogP contribution in [0.1, 0.15) is 21.8 Å². The Morgan fingerprint density at radius 2 is 2.33 bits per heavy atom. The molecule has 7 heteroatoms. The van der Waals surface area contributed by atoms with Gasteiger partial charge >= 0.3 is 0 Å². The van der Waals surface area contributed by atoms with E-state index in [0.717, 1.165) is 0 Å². The molecule has 0 aliphatic carbocycles. The van der Waals surface area contributed by atoms with E-state index in [1.165, 1.54) is 6.33 Å². The molecule has 0 atom stereocenters. The number of nitrogens with one attached hydrogen (secondary N) is 1. The Morgan fingerprint density at radius 3 is 3.00 bits per heavy atom. The van der Waals surface area contributed by atoms with Gasteiger partial charge in [0.05, 0.1) is 11.6 Å². The molecule has 1 amide bonds. The summed E-state index contributed by atoms with van der Waals surface area (Å²) in [5.74, 6) is 5.79. The maximum atomic E-state index is 12.0. The Labute approximate surface area is 126 Å². The summed E-state index contributed by atoms with van der Waals surface area (Å²) in [6.07, 6.45) is 1.79. The van der Waals surface area contributed by atoms with Crippen molar-refractivity contribution in [2.45, 2.75) is 6.42 Å². The van der Waals surface area contributed by atoms with E-state index in [9.17, 15) is 4.79 Å². The van der Waals surface area contributed by atoms with Gasteiger partial charge in [-0.15, -0.1) is 0 Å². The molecule has 0 fully saturated rings. The van der Waals surface area contributed by atoms with E-state index in [-0.39, 0.29) is 12.5 Å². The average Bonchev–Trinajstić information content (AvgIpc) is 2.99. The molecule has 1 aromatic heterocycles. The highest BCUT2D eigenvalue weighted by atomic mass is 35.5. The van der Waals surface area contributed by atoms with E-state index in [1.54, 1.807) is 18.2 Å². The van der Waals surface area contributed by atoms with Gasteiger partial charge in [0, 0.05) is 24.1 Å². The van der Waals surface area contributed by atoms with E-state index in [2.05, 4.69) is 27.3 Å². The van der Waals surface area contributed by atoms with Crippen molar-refractivity contribution in [3.63, 3.8) is 0 Å². The van der Waals surface area contributed by atoms with Gasteiger partial charge in [-0.25, -0.2) is 0 Å². The Morgan fingerprint density at radius 1 is 1.48 bits per heavy atom. The summed E-state index contributed by atoms with van der Waals surface area (Å²) in [6, 6.07) is 4.93. The van der Waals surface area contributed by atoms with Crippen LogP contribution >= 0.6 is 11.6 Å². The lowest BCUT2D eigenvalue weighted by Gasteiger charge is -2.05. The van der Waals surface area contributed by atoms with Crippen LogP contribution in [0.5, 0.6) is 0 Å². The number of nitrogens with zero attached hydrogens (tertiary/aromatic N) is 2. The minimum atomic E-state index is -0.227. The van der Waals surface area contributed by atoms with E-state index < -0.39 is 0 Å². The van der Waals surface area contributed by atoms with E-state index in [0.29, 0.717) is 35.0 Å². The fourth-order valence-corrected chi connectivity index (χ4v) is 1.82. The lowest BCUT2D eigenvalue weighted by atomic mass is 10.1. The number of aromatic nitrogens is 2. The highest BCUT2D eigenvalue weighted by molar-refractivity contribution is 6.32. The molecule has 3 N–H and O–H groups in total. The second-order valence-corrected chi connectivity index (χ2v) is 4.45. The third kappa shape index (κ3) is 4.31. The molecular weight excluding hydrogens is 292 g/mol. The standard InChI is InChI=1S/C14H13ClN4O2/c15-12-8-11(4-3-10(12)2-1-6-16)14(20)17-7-5-13-18-9-19-21-13/h3-4,8-9H,5-7,16H2,(H,17,20). The normalized spacial score (nSPS) is 9.81. The van der Waals surface area contributed by atoms with Crippen molar-refractivity contribution in [2.75, 3.05) is 13.1 Å². The highest BCUT2D eigenvalue weighted by Gasteiger charge is 2.08. The molecule has 0 unspecified atom stereocenters. The second-order valence-electron chi connectivity index (χ2n) is 4.04. The van der Waals surface area contributed by atoms with Crippen molar-refractivity contribution in [1.29, 1.82) is 0 Å². The molecule has 0 saturated carbocycles. The Hall–Kier alpha value is -2.36. The van der Waals surface area contributed by atoms with E-state index in [1.807, 2.05) is 0 Å². The smallest absolute Gasteiger partial charge is 0.251 e. The zero-order valence-electron chi connectivity index (χ0n) is 11.1. The van der Waals surface area contributed by atoms with Crippen molar-refractivity contribution in [1.82, 2.24) is 15.5 Å². The summed E-state index contributed by atoms with van der Waals surface area (Å²) in [5, 5.41) is 6.65. The molecule has 0 radical (unpaired) electrons. The molecule has 0 bridgehead atoms.